The van der Waals surface area contributed by atoms with Gasteiger partial charge in [0.25, 0.3) is 0 Å². The minimum atomic E-state index is -0.545. The SMILES string of the molecule is CN1C(=O)CCNc2nc(-c3ccc(C4(NC(=O)OC(C)(C)C)CCC4)cc3)c(-c3ccccc3)cc21. The van der Waals surface area contributed by atoms with Crippen molar-refractivity contribution >= 4 is 23.5 Å². The van der Waals surface area contributed by atoms with Gasteiger partial charge in [-0.1, -0.05) is 54.6 Å². The maximum Gasteiger partial charge on any atom is 0.408 e. The summed E-state index contributed by atoms with van der Waals surface area (Å²) in [4.78, 5) is 31.8. The largest absolute Gasteiger partial charge is 0.444 e. The molecular weight excluding hydrogens is 464 g/mol. The number of nitrogens with zero attached hydrogens (tertiary/aromatic N) is 2. The number of anilines is 2. The molecule has 0 spiro atoms. The highest BCUT2D eigenvalue weighted by Gasteiger charge is 2.41. The third-order valence-corrected chi connectivity index (χ3v) is 7.11. The topological polar surface area (TPSA) is 83.6 Å². The van der Waals surface area contributed by atoms with E-state index >= 15 is 0 Å². The van der Waals surface area contributed by atoms with Crippen LogP contribution in [0.15, 0.2) is 60.7 Å². The summed E-state index contributed by atoms with van der Waals surface area (Å²) in [5, 5.41) is 6.47. The zero-order valence-electron chi connectivity index (χ0n) is 21.9. The van der Waals surface area contributed by atoms with Crippen LogP contribution in [0.25, 0.3) is 22.4 Å². The highest BCUT2D eigenvalue weighted by molar-refractivity contribution is 5.99. The maximum atomic E-state index is 12.6. The standard InChI is InChI=1S/C30H34N4O3/c1-29(2,3)37-28(36)33-30(16-8-17-30)22-13-11-21(12-14-22)26-23(20-9-6-5-7-10-20)19-24-27(32-26)31-18-15-25(35)34(24)4/h5-7,9-14,19H,8,15-18H2,1-4H3,(H,31,32)(H,33,36). The molecular formula is C30H34N4O3. The first-order chi connectivity index (χ1) is 17.7. The molecule has 192 valence electrons. The average molecular weight is 499 g/mol. The average Bonchev–Trinajstić information content (AvgIpc) is 2.98. The molecule has 0 radical (unpaired) electrons. The molecule has 1 aliphatic heterocycles. The second-order valence-electron chi connectivity index (χ2n) is 10.9. The summed E-state index contributed by atoms with van der Waals surface area (Å²) in [6.07, 6.45) is 2.84. The van der Waals surface area contributed by atoms with Gasteiger partial charge in [-0.15, -0.1) is 0 Å². The number of aromatic nitrogens is 1. The fourth-order valence-corrected chi connectivity index (χ4v) is 5.00. The van der Waals surface area contributed by atoms with Crippen LogP contribution >= 0.6 is 0 Å². The lowest BCUT2D eigenvalue weighted by Gasteiger charge is -2.43. The van der Waals surface area contributed by atoms with Crippen molar-refractivity contribution in [2.75, 3.05) is 23.8 Å². The molecule has 1 aliphatic carbocycles. The number of ether oxygens (including phenoxy) is 1. The number of carbonyl (C=O) groups is 2. The molecule has 5 rings (SSSR count). The molecule has 2 heterocycles. The van der Waals surface area contributed by atoms with Crippen LogP contribution in [0.4, 0.5) is 16.3 Å². The van der Waals surface area contributed by atoms with Gasteiger partial charge in [0.2, 0.25) is 5.91 Å². The summed E-state index contributed by atoms with van der Waals surface area (Å²) < 4.78 is 5.53. The molecule has 0 saturated heterocycles. The minimum absolute atomic E-state index is 0.0625. The van der Waals surface area contributed by atoms with Gasteiger partial charge < -0.3 is 20.3 Å². The fourth-order valence-electron chi connectivity index (χ4n) is 5.00. The van der Waals surface area contributed by atoms with Gasteiger partial charge in [0.15, 0.2) is 5.82 Å². The van der Waals surface area contributed by atoms with E-state index in [4.69, 9.17) is 9.72 Å². The minimum Gasteiger partial charge on any atom is -0.444 e. The number of hydrogen-bond acceptors (Lipinski definition) is 5. The van der Waals surface area contributed by atoms with E-state index in [1.54, 1.807) is 11.9 Å². The molecule has 1 saturated carbocycles. The summed E-state index contributed by atoms with van der Waals surface area (Å²) in [5.74, 6) is 0.765. The Hall–Kier alpha value is -3.87. The zero-order valence-corrected chi connectivity index (χ0v) is 21.9. The van der Waals surface area contributed by atoms with Crippen LogP contribution in [0.3, 0.4) is 0 Å². The van der Waals surface area contributed by atoms with Crippen molar-refractivity contribution in [2.45, 2.75) is 57.6 Å². The van der Waals surface area contributed by atoms with Crippen LogP contribution in [0.5, 0.6) is 0 Å². The van der Waals surface area contributed by atoms with Gasteiger partial charge in [-0.2, -0.15) is 0 Å². The van der Waals surface area contributed by atoms with E-state index in [0.29, 0.717) is 18.8 Å². The Morgan fingerprint density at radius 1 is 1.05 bits per heavy atom. The van der Waals surface area contributed by atoms with Crippen LogP contribution in [-0.2, 0) is 15.1 Å². The molecule has 7 heteroatoms. The second kappa shape index (κ2) is 9.54. The highest BCUT2D eigenvalue weighted by Crippen LogP contribution is 2.43. The summed E-state index contributed by atoms with van der Waals surface area (Å²) in [6.45, 7) is 6.16. The van der Waals surface area contributed by atoms with Crippen molar-refractivity contribution < 1.29 is 14.3 Å². The number of rotatable bonds is 4. The number of amides is 2. The lowest BCUT2D eigenvalue weighted by molar-refractivity contribution is -0.118. The molecule has 7 nitrogen and oxygen atoms in total. The summed E-state index contributed by atoms with van der Waals surface area (Å²) in [6, 6.07) is 20.5. The lowest BCUT2D eigenvalue weighted by atomic mass is 9.71. The molecule has 37 heavy (non-hydrogen) atoms. The predicted octanol–water partition coefficient (Wildman–Crippen LogP) is 6.10. The first kappa shape index (κ1) is 24.8. The van der Waals surface area contributed by atoms with E-state index in [-0.39, 0.29) is 12.0 Å². The van der Waals surface area contributed by atoms with Gasteiger partial charge in [-0.3, -0.25) is 4.79 Å². The number of hydrogen-bond donors (Lipinski definition) is 2. The van der Waals surface area contributed by atoms with Crippen LogP contribution in [-0.4, -0.2) is 36.2 Å². The summed E-state index contributed by atoms with van der Waals surface area (Å²) >= 11 is 0. The van der Waals surface area contributed by atoms with E-state index in [1.165, 1.54) is 0 Å². The van der Waals surface area contributed by atoms with Crippen molar-refractivity contribution in [3.63, 3.8) is 0 Å². The Bertz CT molecular complexity index is 1310. The lowest BCUT2D eigenvalue weighted by Crippen LogP contribution is -2.52. The van der Waals surface area contributed by atoms with Gasteiger partial charge in [-0.05, 0) is 57.2 Å². The summed E-state index contributed by atoms with van der Waals surface area (Å²) in [7, 11) is 1.80. The number of carbonyl (C=O) groups excluding carboxylic acids is 2. The molecule has 2 amide bonds. The van der Waals surface area contributed by atoms with E-state index in [9.17, 15) is 9.59 Å². The number of nitrogens with one attached hydrogen (secondary N) is 2. The molecule has 2 aromatic carbocycles. The quantitative estimate of drug-likeness (QED) is 0.454. The van der Waals surface area contributed by atoms with Crippen molar-refractivity contribution in [1.29, 1.82) is 0 Å². The molecule has 2 aliphatic rings. The van der Waals surface area contributed by atoms with E-state index in [2.05, 4.69) is 53.1 Å². The monoisotopic (exact) mass is 498 g/mol. The normalized spacial score (nSPS) is 16.6. The smallest absolute Gasteiger partial charge is 0.408 e. The third-order valence-electron chi connectivity index (χ3n) is 7.11. The number of fused-ring (bicyclic) bond motifs is 1. The molecule has 0 unspecified atom stereocenters. The van der Waals surface area contributed by atoms with E-state index in [0.717, 1.165) is 52.9 Å². The second-order valence-corrected chi connectivity index (χ2v) is 10.9. The third kappa shape index (κ3) is 5.03. The molecule has 0 atom stereocenters. The van der Waals surface area contributed by atoms with Crippen molar-refractivity contribution in [3.8, 4) is 22.4 Å². The van der Waals surface area contributed by atoms with E-state index < -0.39 is 11.1 Å². The van der Waals surface area contributed by atoms with Crippen LogP contribution in [0, 0.1) is 0 Å². The Kier molecular flexibility index (Phi) is 6.40. The first-order valence-electron chi connectivity index (χ1n) is 12.9. The number of benzene rings is 2. The molecule has 3 aromatic rings. The Morgan fingerprint density at radius 3 is 2.38 bits per heavy atom. The fraction of sp³-hybridized carbons (Fsp3) is 0.367. The molecule has 2 N–H and O–H groups in total. The number of alkyl carbamates (subject to hydrolysis) is 1. The van der Waals surface area contributed by atoms with Crippen LogP contribution in [0.2, 0.25) is 0 Å². The number of pyridine rings is 1. The van der Waals surface area contributed by atoms with Gasteiger partial charge in [-0.25, -0.2) is 9.78 Å². The predicted molar refractivity (Wildman–Crippen MR) is 147 cm³/mol. The Morgan fingerprint density at radius 2 is 1.76 bits per heavy atom. The maximum absolute atomic E-state index is 12.6. The van der Waals surface area contributed by atoms with Gasteiger partial charge in [0.1, 0.15) is 5.60 Å². The zero-order chi connectivity index (χ0) is 26.2. The van der Waals surface area contributed by atoms with Gasteiger partial charge >= 0.3 is 6.09 Å². The summed E-state index contributed by atoms with van der Waals surface area (Å²) in [5.41, 5.74) is 4.69. The Balaban J connectivity index is 1.52. The van der Waals surface area contributed by atoms with Crippen LogP contribution in [0.1, 0.15) is 52.0 Å². The highest BCUT2D eigenvalue weighted by atomic mass is 16.6. The van der Waals surface area contributed by atoms with Crippen molar-refractivity contribution in [2.24, 2.45) is 0 Å². The Labute approximate surface area is 218 Å². The molecule has 1 fully saturated rings. The first-order valence-corrected chi connectivity index (χ1v) is 12.9. The van der Waals surface area contributed by atoms with Gasteiger partial charge in [0, 0.05) is 31.1 Å². The molecule has 1 aromatic heterocycles. The van der Waals surface area contributed by atoms with Crippen LogP contribution < -0.4 is 15.5 Å². The molecule has 0 bridgehead atoms. The van der Waals surface area contributed by atoms with E-state index in [1.807, 2.05) is 39.0 Å². The van der Waals surface area contributed by atoms with Crippen molar-refractivity contribution in [3.05, 3.63) is 66.2 Å². The van der Waals surface area contributed by atoms with Crippen molar-refractivity contribution in [1.82, 2.24) is 10.3 Å². The van der Waals surface area contributed by atoms with Gasteiger partial charge in [0.05, 0.1) is 16.9 Å².